The monoisotopic (exact) mass is 400 g/mol. The molecule has 0 spiro atoms. The number of hydrogen-bond acceptors (Lipinski definition) is 8. The third-order valence-corrected chi connectivity index (χ3v) is 5.65. The summed E-state index contributed by atoms with van der Waals surface area (Å²) >= 11 is 2.73. The first-order valence-corrected chi connectivity index (χ1v) is 10.0. The Morgan fingerprint density at radius 2 is 2.07 bits per heavy atom. The number of rotatable bonds is 6. The Balaban J connectivity index is 1.52. The van der Waals surface area contributed by atoms with Gasteiger partial charge in [0.25, 0.3) is 5.56 Å². The molecule has 0 amide bonds. The molecule has 3 N–H and O–H groups in total. The predicted octanol–water partition coefficient (Wildman–Crippen LogP) is 2.65. The van der Waals surface area contributed by atoms with Gasteiger partial charge in [-0.1, -0.05) is 11.8 Å². The van der Waals surface area contributed by atoms with Gasteiger partial charge >= 0.3 is 0 Å². The van der Waals surface area contributed by atoms with Crippen molar-refractivity contribution in [3.05, 3.63) is 51.9 Å². The number of hydrogen-bond donors (Lipinski definition) is 2. The molecule has 0 radical (unpaired) electrons. The van der Waals surface area contributed by atoms with Gasteiger partial charge in [0.2, 0.25) is 5.16 Å². The second-order valence-corrected chi connectivity index (χ2v) is 7.43. The van der Waals surface area contributed by atoms with Crippen molar-refractivity contribution in [1.82, 2.24) is 24.8 Å². The van der Waals surface area contributed by atoms with Crippen molar-refractivity contribution in [1.29, 1.82) is 0 Å². The number of nitrogens with two attached hydrogens (primary N) is 1. The number of aromatic nitrogens is 5. The van der Waals surface area contributed by atoms with Crippen LogP contribution in [0.4, 0.5) is 0 Å². The summed E-state index contributed by atoms with van der Waals surface area (Å²) < 4.78 is 7.50. The van der Waals surface area contributed by atoms with Crippen LogP contribution in [0.25, 0.3) is 21.6 Å². The Morgan fingerprint density at radius 1 is 1.26 bits per heavy atom. The Hall–Kier alpha value is -2.85. The standard InChI is InChI=1S/C17H16N6O2S2/c1-2-25-11-5-3-10(4-6-11)15-21-22-17(23(15)18)27-9-13-19-12-7-8-26-14(12)16(24)20-13/h3-8H,2,9,18H2,1H3,(H,19,20,24). The molecule has 0 fully saturated rings. The van der Waals surface area contributed by atoms with E-state index in [4.69, 9.17) is 10.6 Å². The van der Waals surface area contributed by atoms with E-state index >= 15 is 0 Å². The molecule has 138 valence electrons. The van der Waals surface area contributed by atoms with E-state index in [0.717, 1.165) is 11.3 Å². The van der Waals surface area contributed by atoms with E-state index in [2.05, 4.69) is 20.2 Å². The molecular weight excluding hydrogens is 384 g/mol. The lowest BCUT2D eigenvalue weighted by atomic mass is 10.2. The first kappa shape index (κ1) is 17.6. The molecule has 0 aliphatic heterocycles. The number of nitrogens with one attached hydrogen (secondary N) is 1. The summed E-state index contributed by atoms with van der Waals surface area (Å²) in [5.74, 6) is 8.49. The van der Waals surface area contributed by atoms with Gasteiger partial charge in [0, 0.05) is 5.56 Å². The summed E-state index contributed by atoms with van der Waals surface area (Å²) in [7, 11) is 0. The molecule has 8 nitrogen and oxygen atoms in total. The molecule has 1 aromatic carbocycles. The van der Waals surface area contributed by atoms with Crippen LogP contribution in [0.3, 0.4) is 0 Å². The quantitative estimate of drug-likeness (QED) is 0.378. The average molecular weight is 400 g/mol. The fourth-order valence-electron chi connectivity index (χ4n) is 2.56. The second kappa shape index (κ2) is 7.41. The van der Waals surface area contributed by atoms with Crippen LogP contribution in [-0.2, 0) is 5.75 Å². The van der Waals surface area contributed by atoms with Crippen LogP contribution in [0.1, 0.15) is 12.7 Å². The zero-order valence-electron chi connectivity index (χ0n) is 14.4. The molecule has 0 unspecified atom stereocenters. The fraction of sp³-hybridized carbons (Fsp3) is 0.176. The van der Waals surface area contributed by atoms with Crippen molar-refractivity contribution in [3.63, 3.8) is 0 Å². The number of thioether (sulfide) groups is 1. The van der Waals surface area contributed by atoms with E-state index in [1.54, 1.807) is 0 Å². The molecule has 0 atom stereocenters. The van der Waals surface area contributed by atoms with Gasteiger partial charge in [-0.3, -0.25) is 4.79 Å². The molecule has 4 aromatic rings. The molecule has 0 aliphatic rings. The maximum Gasteiger partial charge on any atom is 0.268 e. The van der Waals surface area contributed by atoms with E-state index in [1.807, 2.05) is 42.6 Å². The van der Waals surface area contributed by atoms with Crippen molar-refractivity contribution in [2.24, 2.45) is 0 Å². The SMILES string of the molecule is CCOc1ccc(-c2nnc(SCc3nc4ccsc4c(=O)[nH]3)n2N)cc1. The molecule has 10 heteroatoms. The van der Waals surface area contributed by atoms with Crippen LogP contribution in [-0.4, -0.2) is 31.4 Å². The summed E-state index contributed by atoms with van der Waals surface area (Å²) in [6.07, 6.45) is 0. The molecule has 3 heterocycles. The van der Waals surface area contributed by atoms with Crippen molar-refractivity contribution in [3.8, 4) is 17.1 Å². The van der Waals surface area contributed by atoms with Gasteiger partial charge in [-0.2, -0.15) is 0 Å². The first-order valence-electron chi connectivity index (χ1n) is 8.18. The Kier molecular flexibility index (Phi) is 4.82. The highest BCUT2D eigenvalue weighted by Gasteiger charge is 2.13. The number of fused-ring (bicyclic) bond motifs is 1. The first-order chi connectivity index (χ1) is 13.2. The van der Waals surface area contributed by atoms with Gasteiger partial charge in [0.15, 0.2) is 5.82 Å². The summed E-state index contributed by atoms with van der Waals surface area (Å²) in [6, 6.07) is 9.34. The van der Waals surface area contributed by atoms with Gasteiger partial charge in [-0.25, -0.2) is 9.66 Å². The number of H-pyrrole nitrogens is 1. The summed E-state index contributed by atoms with van der Waals surface area (Å²) in [5, 5.41) is 10.7. The number of thiophene rings is 1. The Morgan fingerprint density at radius 3 is 2.85 bits per heavy atom. The smallest absolute Gasteiger partial charge is 0.268 e. The molecule has 0 aliphatic carbocycles. The van der Waals surface area contributed by atoms with Gasteiger partial charge < -0.3 is 15.6 Å². The normalized spacial score (nSPS) is 11.1. The third-order valence-electron chi connectivity index (χ3n) is 3.79. The van der Waals surface area contributed by atoms with Crippen LogP contribution in [0.5, 0.6) is 5.75 Å². The second-order valence-electron chi connectivity index (χ2n) is 5.57. The number of aromatic amines is 1. The maximum absolute atomic E-state index is 12.0. The van der Waals surface area contributed by atoms with Crippen LogP contribution >= 0.6 is 23.1 Å². The van der Waals surface area contributed by atoms with E-state index < -0.39 is 0 Å². The Bertz CT molecular complexity index is 1130. The molecule has 0 saturated carbocycles. The number of nitrogen functional groups attached to an aromatic ring is 1. The molecule has 27 heavy (non-hydrogen) atoms. The van der Waals surface area contributed by atoms with E-state index in [1.165, 1.54) is 27.8 Å². The molecular formula is C17H16N6O2S2. The number of nitrogens with zero attached hydrogens (tertiary/aromatic N) is 4. The lowest BCUT2D eigenvalue weighted by Crippen LogP contribution is -2.12. The zero-order chi connectivity index (χ0) is 18.8. The van der Waals surface area contributed by atoms with Crippen LogP contribution in [0.15, 0.2) is 45.7 Å². The van der Waals surface area contributed by atoms with Crippen molar-refractivity contribution in [2.45, 2.75) is 17.8 Å². The zero-order valence-corrected chi connectivity index (χ0v) is 16.0. The lowest BCUT2D eigenvalue weighted by molar-refractivity contribution is 0.340. The highest BCUT2D eigenvalue weighted by atomic mass is 32.2. The fourth-order valence-corrected chi connectivity index (χ4v) is 4.01. The summed E-state index contributed by atoms with van der Waals surface area (Å²) in [4.78, 5) is 19.3. The molecule has 0 bridgehead atoms. The van der Waals surface area contributed by atoms with Gasteiger partial charge in [0.1, 0.15) is 16.3 Å². The summed E-state index contributed by atoms with van der Waals surface area (Å²) in [6.45, 7) is 2.55. The molecule has 4 rings (SSSR count). The largest absolute Gasteiger partial charge is 0.494 e. The van der Waals surface area contributed by atoms with E-state index in [-0.39, 0.29) is 5.56 Å². The van der Waals surface area contributed by atoms with Gasteiger partial charge in [0.05, 0.1) is 17.9 Å². The minimum Gasteiger partial charge on any atom is -0.494 e. The Labute approximate surface area is 162 Å². The molecule has 0 saturated heterocycles. The number of benzene rings is 1. The predicted molar refractivity (Wildman–Crippen MR) is 107 cm³/mol. The minimum absolute atomic E-state index is 0.130. The minimum atomic E-state index is -0.130. The van der Waals surface area contributed by atoms with Crippen LogP contribution < -0.4 is 16.1 Å². The highest BCUT2D eigenvalue weighted by Crippen LogP contribution is 2.25. The molecule has 3 aromatic heterocycles. The lowest BCUT2D eigenvalue weighted by Gasteiger charge is -2.05. The topological polar surface area (TPSA) is 112 Å². The van der Waals surface area contributed by atoms with Gasteiger partial charge in [-0.05, 0) is 42.6 Å². The van der Waals surface area contributed by atoms with E-state index in [9.17, 15) is 4.79 Å². The maximum atomic E-state index is 12.0. The van der Waals surface area contributed by atoms with Crippen LogP contribution in [0.2, 0.25) is 0 Å². The van der Waals surface area contributed by atoms with Crippen LogP contribution in [0, 0.1) is 0 Å². The van der Waals surface area contributed by atoms with Crippen molar-refractivity contribution < 1.29 is 4.74 Å². The highest BCUT2D eigenvalue weighted by molar-refractivity contribution is 7.98. The van der Waals surface area contributed by atoms with Crippen molar-refractivity contribution in [2.75, 3.05) is 12.4 Å². The van der Waals surface area contributed by atoms with Crippen molar-refractivity contribution >= 4 is 33.3 Å². The van der Waals surface area contributed by atoms with E-state index in [0.29, 0.717) is 39.4 Å². The van der Waals surface area contributed by atoms with Gasteiger partial charge in [-0.15, -0.1) is 21.5 Å². The third kappa shape index (κ3) is 3.53. The number of ether oxygens (including phenoxy) is 1. The average Bonchev–Trinajstić information content (AvgIpc) is 3.28. The summed E-state index contributed by atoms with van der Waals surface area (Å²) in [5.41, 5.74) is 1.41.